The van der Waals surface area contributed by atoms with Gasteiger partial charge in [-0.15, -0.1) is 37.2 Å². The van der Waals surface area contributed by atoms with E-state index in [1.807, 2.05) is 6.92 Å². The molecule has 0 unspecified atom stereocenters. The third kappa shape index (κ3) is 6.61. The molecule has 0 saturated carbocycles. The van der Waals surface area contributed by atoms with E-state index >= 15 is 0 Å². The highest BCUT2D eigenvalue weighted by atomic mass is 35.5. The molecule has 0 spiro atoms. The number of piperazine rings is 1. The summed E-state index contributed by atoms with van der Waals surface area (Å²) in [6.45, 7) is 7.79. The third-order valence-corrected chi connectivity index (χ3v) is 3.51. The topological polar surface area (TPSA) is 32.5 Å². The van der Waals surface area contributed by atoms with Gasteiger partial charge in [-0.2, -0.15) is 0 Å². The molecule has 1 fully saturated rings. The van der Waals surface area contributed by atoms with Crippen LogP contribution in [0.3, 0.4) is 0 Å². The lowest BCUT2D eigenvalue weighted by Crippen LogP contribution is -2.43. The fourth-order valence-corrected chi connectivity index (χ4v) is 2.19. The number of benzene rings is 1. The first-order chi connectivity index (χ1) is 8.15. The average molecular weight is 343 g/mol. The van der Waals surface area contributed by atoms with E-state index in [0.717, 1.165) is 6.54 Å². The monoisotopic (exact) mass is 341 g/mol. The zero-order valence-electron chi connectivity index (χ0n) is 12.1. The van der Waals surface area contributed by atoms with Crippen LogP contribution in [0.25, 0.3) is 0 Å². The van der Waals surface area contributed by atoms with Crippen molar-refractivity contribution in [3.05, 3.63) is 35.4 Å². The molecule has 3 nitrogen and oxygen atoms in total. The van der Waals surface area contributed by atoms with Gasteiger partial charge >= 0.3 is 0 Å². The molecule has 0 bridgehead atoms. The molecule has 2 rings (SSSR count). The van der Waals surface area contributed by atoms with Crippen LogP contribution >= 0.6 is 37.2 Å². The first-order valence-corrected chi connectivity index (χ1v) is 6.40. The van der Waals surface area contributed by atoms with Crippen LogP contribution in [0.1, 0.15) is 24.1 Å². The van der Waals surface area contributed by atoms with Crippen molar-refractivity contribution in [3.8, 4) is 0 Å². The molecule has 2 N–H and O–H groups in total. The number of halogens is 3. The van der Waals surface area contributed by atoms with E-state index in [1.165, 1.54) is 37.3 Å². The third-order valence-electron chi connectivity index (χ3n) is 3.51. The predicted octanol–water partition coefficient (Wildman–Crippen LogP) is 2.72. The van der Waals surface area contributed by atoms with Gasteiger partial charge in [-0.25, -0.2) is 0 Å². The van der Waals surface area contributed by atoms with Crippen LogP contribution in [-0.4, -0.2) is 43.0 Å². The van der Waals surface area contributed by atoms with Gasteiger partial charge in [0, 0.05) is 38.8 Å². The summed E-state index contributed by atoms with van der Waals surface area (Å²) >= 11 is 0. The van der Waals surface area contributed by atoms with Crippen LogP contribution < -0.4 is 5.73 Å². The summed E-state index contributed by atoms with van der Waals surface area (Å²) in [6.07, 6.45) is 0. The average Bonchev–Trinajstić information content (AvgIpc) is 2.33. The molecular weight excluding hydrogens is 317 g/mol. The maximum Gasteiger partial charge on any atom is 0.0266 e. The van der Waals surface area contributed by atoms with Gasteiger partial charge in [-0.1, -0.05) is 24.3 Å². The van der Waals surface area contributed by atoms with E-state index < -0.39 is 0 Å². The molecule has 118 valence electrons. The molecule has 0 aliphatic carbocycles. The standard InChI is InChI=1S/C14H23N3.3ClH/c1-12(15)14-5-3-13(4-6-14)11-17-9-7-16(2)8-10-17;;;/h3-6,12H,7-11,15H2,1-2H3;3*1H/t12-;;;/m0.../s1. The van der Waals surface area contributed by atoms with Gasteiger partial charge in [-0.3, -0.25) is 4.90 Å². The van der Waals surface area contributed by atoms with Crippen molar-refractivity contribution in [1.29, 1.82) is 0 Å². The second-order valence-corrected chi connectivity index (χ2v) is 5.11. The van der Waals surface area contributed by atoms with E-state index in [9.17, 15) is 0 Å². The molecule has 1 saturated heterocycles. The summed E-state index contributed by atoms with van der Waals surface area (Å²) in [5.74, 6) is 0. The number of nitrogens with zero attached hydrogens (tertiary/aromatic N) is 2. The smallest absolute Gasteiger partial charge is 0.0266 e. The lowest BCUT2D eigenvalue weighted by atomic mass is 10.1. The maximum absolute atomic E-state index is 5.85. The molecule has 20 heavy (non-hydrogen) atoms. The maximum atomic E-state index is 5.85. The molecule has 1 aromatic carbocycles. The Morgan fingerprint density at radius 3 is 1.95 bits per heavy atom. The summed E-state index contributed by atoms with van der Waals surface area (Å²) < 4.78 is 0. The quantitative estimate of drug-likeness (QED) is 0.916. The van der Waals surface area contributed by atoms with Crippen molar-refractivity contribution in [2.24, 2.45) is 5.73 Å². The number of hydrogen-bond donors (Lipinski definition) is 1. The second kappa shape index (κ2) is 10.7. The van der Waals surface area contributed by atoms with Crippen molar-refractivity contribution in [1.82, 2.24) is 9.80 Å². The normalized spacial score (nSPS) is 17.4. The predicted molar refractivity (Wildman–Crippen MR) is 93.6 cm³/mol. The fraction of sp³-hybridized carbons (Fsp3) is 0.571. The highest BCUT2D eigenvalue weighted by molar-refractivity contribution is 5.86. The number of nitrogens with two attached hydrogens (primary N) is 1. The molecule has 1 aliphatic heterocycles. The lowest BCUT2D eigenvalue weighted by Gasteiger charge is -2.32. The fourth-order valence-electron chi connectivity index (χ4n) is 2.19. The molecule has 1 aliphatic rings. The van der Waals surface area contributed by atoms with Crippen LogP contribution in [-0.2, 0) is 6.54 Å². The second-order valence-electron chi connectivity index (χ2n) is 5.11. The molecule has 0 aromatic heterocycles. The van der Waals surface area contributed by atoms with Crippen LogP contribution in [0.5, 0.6) is 0 Å². The van der Waals surface area contributed by atoms with E-state index in [2.05, 4.69) is 41.1 Å². The summed E-state index contributed by atoms with van der Waals surface area (Å²) in [6, 6.07) is 8.84. The Morgan fingerprint density at radius 1 is 1.00 bits per heavy atom. The minimum absolute atomic E-state index is 0. The van der Waals surface area contributed by atoms with Crippen molar-refractivity contribution in [2.45, 2.75) is 19.5 Å². The summed E-state index contributed by atoms with van der Waals surface area (Å²) in [4.78, 5) is 4.90. The lowest BCUT2D eigenvalue weighted by molar-refractivity contribution is 0.148. The van der Waals surface area contributed by atoms with Crippen LogP contribution in [0.15, 0.2) is 24.3 Å². The van der Waals surface area contributed by atoms with Crippen LogP contribution in [0.2, 0.25) is 0 Å². The van der Waals surface area contributed by atoms with E-state index in [0.29, 0.717) is 0 Å². The summed E-state index contributed by atoms with van der Waals surface area (Å²) in [5, 5.41) is 0. The van der Waals surface area contributed by atoms with E-state index in [1.54, 1.807) is 0 Å². The number of hydrogen-bond acceptors (Lipinski definition) is 3. The minimum atomic E-state index is 0. The molecule has 6 heteroatoms. The Labute approximate surface area is 141 Å². The largest absolute Gasteiger partial charge is 0.324 e. The van der Waals surface area contributed by atoms with E-state index in [4.69, 9.17) is 5.73 Å². The number of rotatable bonds is 3. The number of likely N-dealkylation sites (N-methyl/N-ethyl adjacent to an activating group) is 1. The Bertz CT molecular complexity index is 349. The highest BCUT2D eigenvalue weighted by Crippen LogP contribution is 2.13. The first kappa shape index (κ1) is 22.3. The molecular formula is C14H26Cl3N3. The van der Waals surface area contributed by atoms with Gasteiger partial charge in [0.1, 0.15) is 0 Å². The molecule has 1 atom stereocenters. The Balaban J connectivity index is 0. The zero-order valence-corrected chi connectivity index (χ0v) is 14.6. The van der Waals surface area contributed by atoms with Crippen molar-refractivity contribution < 1.29 is 0 Å². The van der Waals surface area contributed by atoms with Gasteiger partial charge in [0.2, 0.25) is 0 Å². The van der Waals surface area contributed by atoms with E-state index in [-0.39, 0.29) is 43.3 Å². The van der Waals surface area contributed by atoms with Gasteiger partial charge in [0.25, 0.3) is 0 Å². The van der Waals surface area contributed by atoms with Gasteiger partial charge in [0.05, 0.1) is 0 Å². The molecule has 0 amide bonds. The SMILES string of the molecule is C[C@H](N)c1ccc(CN2CCN(C)CC2)cc1.Cl.Cl.Cl. The van der Waals surface area contributed by atoms with Crippen molar-refractivity contribution in [2.75, 3.05) is 33.2 Å². The van der Waals surface area contributed by atoms with Crippen LogP contribution in [0.4, 0.5) is 0 Å². The van der Waals surface area contributed by atoms with Gasteiger partial charge in [0.15, 0.2) is 0 Å². The Kier molecular flexibility index (Phi) is 11.9. The molecule has 1 heterocycles. The highest BCUT2D eigenvalue weighted by Gasteiger charge is 2.13. The summed E-state index contributed by atoms with van der Waals surface area (Å²) in [5.41, 5.74) is 8.45. The van der Waals surface area contributed by atoms with Crippen molar-refractivity contribution in [3.63, 3.8) is 0 Å². The molecule has 0 radical (unpaired) electrons. The molecule has 1 aromatic rings. The van der Waals surface area contributed by atoms with Crippen LogP contribution in [0, 0.1) is 0 Å². The van der Waals surface area contributed by atoms with Gasteiger partial charge in [-0.05, 0) is 25.1 Å². The summed E-state index contributed by atoms with van der Waals surface area (Å²) in [7, 11) is 2.19. The van der Waals surface area contributed by atoms with Crippen molar-refractivity contribution >= 4 is 37.2 Å². The minimum Gasteiger partial charge on any atom is -0.324 e. The Morgan fingerprint density at radius 2 is 1.50 bits per heavy atom. The zero-order chi connectivity index (χ0) is 12.3. The van der Waals surface area contributed by atoms with Gasteiger partial charge < -0.3 is 10.6 Å². The first-order valence-electron chi connectivity index (χ1n) is 6.40. The Hall–Kier alpha value is -0.0300.